The molecule has 4 nitrogen and oxygen atoms in total. The van der Waals surface area contributed by atoms with E-state index in [9.17, 15) is 9.59 Å². The number of piperidine rings is 1. The quantitative estimate of drug-likeness (QED) is 0.905. The molecule has 0 spiro atoms. The molecular formula is C17H24N2O2. The van der Waals surface area contributed by atoms with Gasteiger partial charge in [-0.2, -0.15) is 0 Å². The van der Waals surface area contributed by atoms with Crippen LogP contribution in [0.15, 0.2) is 24.3 Å². The predicted molar refractivity (Wildman–Crippen MR) is 83.9 cm³/mol. The van der Waals surface area contributed by atoms with Gasteiger partial charge in [0.2, 0.25) is 11.8 Å². The minimum Gasteiger partial charge on any atom is -0.352 e. The molecule has 1 aromatic rings. The van der Waals surface area contributed by atoms with E-state index in [2.05, 4.69) is 5.32 Å². The zero-order valence-electron chi connectivity index (χ0n) is 12.9. The van der Waals surface area contributed by atoms with E-state index in [1.54, 1.807) is 0 Å². The van der Waals surface area contributed by atoms with Crippen LogP contribution < -0.4 is 10.2 Å². The molecule has 1 heterocycles. The molecule has 0 saturated carbocycles. The highest BCUT2D eigenvalue weighted by Gasteiger charge is 2.19. The van der Waals surface area contributed by atoms with Crippen molar-refractivity contribution in [2.24, 2.45) is 5.92 Å². The maximum absolute atomic E-state index is 11.9. The van der Waals surface area contributed by atoms with Crippen molar-refractivity contribution in [3.8, 4) is 0 Å². The van der Waals surface area contributed by atoms with Crippen LogP contribution in [0.25, 0.3) is 0 Å². The minimum absolute atomic E-state index is 0.0736. The Labute approximate surface area is 126 Å². The molecule has 1 N–H and O–H groups in total. The highest BCUT2D eigenvalue weighted by molar-refractivity contribution is 5.94. The summed E-state index contributed by atoms with van der Waals surface area (Å²) >= 11 is 0. The molecule has 0 aromatic heterocycles. The number of hydrogen-bond acceptors (Lipinski definition) is 2. The first-order valence-electron chi connectivity index (χ1n) is 7.72. The Morgan fingerprint density at radius 1 is 1.33 bits per heavy atom. The Hall–Kier alpha value is -1.84. The fraction of sp³-hybridized carbons (Fsp3) is 0.529. The number of nitrogens with zero attached hydrogens (tertiary/aromatic N) is 1. The molecule has 1 fully saturated rings. The molecule has 0 unspecified atom stereocenters. The Bertz CT molecular complexity index is 511. The van der Waals surface area contributed by atoms with E-state index in [1.807, 2.05) is 43.0 Å². The lowest BCUT2D eigenvalue weighted by Crippen LogP contribution is -2.35. The average molecular weight is 288 g/mol. The number of benzene rings is 1. The van der Waals surface area contributed by atoms with Crippen molar-refractivity contribution in [1.82, 2.24) is 5.32 Å². The molecule has 4 heteroatoms. The number of anilines is 1. The number of rotatable bonds is 5. The van der Waals surface area contributed by atoms with Crippen molar-refractivity contribution in [2.45, 2.75) is 46.1 Å². The predicted octanol–water partition coefficient (Wildman–Crippen LogP) is 2.87. The number of amides is 2. The van der Waals surface area contributed by atoms with E-state index in [4.69, 9.17) is 0 Å². The normalized spacial score (nSPS) is 15.4. The SMILES string of the molecule is CC(C)CC(=O)NCc1cccc(N2CCCCC2=O)c1. The van der Waals surface area contributed by atoms with Gasteiger partial charge in [-0.1, -0.05) is 26.0 Å². The van der Waals surface area contributed by atoms with Crippen molar-refractivity contribution in [1.29, 1.82) is 0 Å². The van der Waals surface area contributed by atoms with Gasteiger partial charge in [-0.05, 0) is 36.5 Å². The fourth-order valence-electron chi connectivity index (χ4n) is 2.56. The van der Waals surface area contributed by atoms with Crippen molar-refractivity contribution in [3.63, 3.8) is 0 Å². The van der Waals surface area contributed by atoms with Crippen molar-refractivity contribution in [2.75, 3.05) is 11.4 Å². The zero-order chi connectivity index (χ0) is 15.2. The van der Waals surface area contributed by atoms with Gasteiger partial charge in [0.1, 0.15) is 0 Å². The van der Waals surface area contributed by atoms with Gasteiger partial charge in [0, 0.05) is 31.6 Å². The Morgan fingerprint density at radius 3 is 2.86 bits per heavy atom. The number of hydrogen-bond donors (Lipinski definition) is 1. The van der Waals surface area contributed by atoms with Crippen LogP contribution in [0.4, 0.5) is 5.69 Å². The van der Waals surface area contributed by atoms with Crippen molar-refractivity contribution >= 4 is 17.5 Å². The highest BCUT2D eigenvalue weighted by Crippen LogP contribution is 2.21. The molecule has 2 amide bonds. The van der Waals surface area contributed by atoms with E-state index in [-0.39, 0.29) is 11.8 Å². The Kier molecular flexibility index (Phi) is 5.37. The maximum Gasteiger partial charge on any atom is 0.226 e. The zero-order valence-corrected chi connectivity index (χ0v) is 12.9. The third-order valence-electron chi connectivity index (χ3n) is 3.63. The molecule has 0 atom stereocenters. The van der Waals surface area contributed by atoms with Gasteiger partial charge in [0.15, 0.2) is 0 Å². The third-order valence-corrected chi connectivity index (χ3v) is 3.63. The standard InChI is InChI=1S/C17H24N2O2/c1-13(2)10-16(20)18-12-14-6-5-7-15(11-14)19-9-4-3-8-17(19)21/h5-7,11,13H,3-4,8-10,12H2,1-2H3,(H,18,20). The molecular weight excluding hydrogens is 264 g/mol. The first kappa shape index (κ1) is 15.5. The van der Waals surface area contributed by atoms with Crippen LogP contribution >= 0.6 is 0 Å². The molecule has 114 valence electrons. The van der Waals surface area contributed by atoms with E-state index in [1.165, 1.54) is 0 Å². The van der Waals surface area contributed by atoms with Crippen LogP contribution in [-0.4, -0.2) is 18.4 Å². The van der Waals surface area contributed by atoms with E-state index < -0.39 is 0 Å². The molecule has 2 rings (SSSR count). The lowest BCUT2D eigenvalue weighted by Gasteiger charge is -2.27. The van der Waals surface area contributed by atoms with Crippen LogP contribution in [0.3, 0.4) is 0 Å². The van der Waals surface area contributed by atoms with E-state index >= 15 is 0 Å². The van der Waals surface area contributed by atoms with Crippen molar-refractivity contribution < 1.29 is 9.59 Å². The second-order valence-corrected chi connectivity index (χ2v) is 6.05. The molecule has 21 heavy (non-hydrogen) atoms. The topological polar surface area (TPSA) is 49.4 Å². The molecule has 0 aliphatic carbocycles. The minimum atomic E-state index is 0.0736. The van der Waals surface area contributed by atoms with E-state index in [0.29, 0.717) is 25.3 Å². The molecule has 1 saturated heterocycles. The molecule has 0 bridgehead atoms. The summed E-state index contributed by atoms with van der Waals surface area (Å²) in [7, 11) is 0. The molecule has 0 radical (unpaired) electrons. The lowest BCUT2D eigenvalue weighted by atomic mass is 10.1. The number of carbonyl (C=O) groups excluding carboxylic acids is 2. The van der Waals surface area contributed by atoms with Gasteiger partial charge in [-0.25, -0.2) is 0 Å². The average Bonchev–Trinajstić information content (AvgIpc) is 2.45. The first-order chi connectivity index (χ1) is 10.1. The van der Waals surface area contributed by atoms with Crippen LogP contribution in [0.2, 0.25) is 0 Å². The summed E-state index contributed by atoms with van der Waals surface area (Å²) in [5, 5.41) is 2.93. The summed E-state index contributed by atoms with van der Waals surface area (Å²) < 4.78 is 0. The second-order valence-electron chi connectivity index (χ2n) is 6.05. The highest BCUT2D eigenvalue weighted by atomic mass is 16.2. The maximum atomic E-state index is 11.9. The number of nitrogens with one attached hydrogen (secondary N) is 1. The summed E-state index contributed by atoms with van der Waals surface area (Å²) in [6, 6.07) is 7.89. The summed E-state index contributed by atoms with van der Waals surface area (Å²) in [6.45, 7) is 5.37. The molecule has 1 aliphatic rings. The smallest absolute Gasteiger partial charge is 0.226 e. The van der Waals surface area contributed by atoms with Gasteiger partial charge in [0.05, 0.1) is 0 Å². The number of carbonyl (C=O) groups is 2. The lowest BCUT2D eigenvalue weighted by molar-refractivity contribution is -0.122. The Balaban J connectivity index is 1.97. The largest absolute Gasteiger partial charge is 0.352 e. The van der Waals surface area contributed by atoms with E-state index in [0.717, 1.165) is 30.6 Å². The summed E-state index contributed by atoms with van der Waals surface area (Å²) in [4.78, 5) is 25.5. The van der Waals surface area contributed by atoms with Crippen molar-refractivity contribution in [3.05, 3.63) is 29.8 Å². The summed E-state index contributed by atoms with van der Waals surface area (Å²) in [6.07, 6.45) is 3.22. The molecule has 1 aliphatic heterocycles. The van der Waals surface area contributed by atoms with Gasteiger partial charge in [-0.15, -0.1) is 0 Å². The van der Waals surface area contributed by atoms with Gasteiger partial charge in [0.25, 0.3) is 0 Å². The summed E-state index contributed by atoms with van der Waals surface area (Å²) in [5.74, 6) is 0.633. The first-order valence-corrected chi connectivity index (χ1v) is 7.72. The monoisotopic (exact) mass is 288 g/mol. The van der Waals surface area contributed by atoms with Crippen LogP contribution in [-0.2, 0) is 16.1 Å². The van der Waals surface area contributed by atoms with Crippen LogP contribution in [0.5, 0.6) is 0 Å². The van der Waals surface area contributed by atoms with Gasteiger partial charge < -0.3 is 10.2 Å². The van der Waals surface area contributed by atoms with Crippen LogP contribution in [0.1, 0.15) is 45.1 Å². The fourth-order valence-corrected chi connectivity index (χ4v) is 2.56. The molecule has 1 aromatic carbocycles. The third kappa shape index (κ3) is 4.59. The van der Waals surface area contributed by atoms with Gasteiger partial charge in [-0.3, -0.25) is 9.59 Å². The van der Waals surface area contributed by atoms with Crippen LogP contribution in [0, 0.1) is 5.92 Å². The summed E-state index contributed by atoms with van der Waals surface area (Å²) in [5.41, 5.74) is 1.97. The second kappa shape index (κ2) is 7.25. The van der Waals surface area contributed by atoms with Gasteiger partial charge >= 0.3 is 0 Å². The Morgan fingerprint density at radius 2 is 2.14 bits per heavy atom.